The van der Waals surface area contributed by atoms with E-state index in [4.69, 9.17) is 19.7 Å². The molecule has 2 aliphatic carbocycles. The fourth-order valence-electron chi connectivity index (χ4n) is 6.80. The van der Waals surface area contributed by atoms with E-state index in [2.05, 4.69) is 14.5 Å². The molecule has 0 heterocycles. The molecule has 0 spiro atoms. The highest BCUT2D eigenvalue weighted by atomic mass is 19.4. The van der Waals surface area contributed by atoms with Crippen LogP contribution in [0.3, 0.4) is 0 Å². The van der Waals surface area contributed by atoms with E-state index in [0.29, 0.717) is 51.2 Å². The van der Waals surface area contributed by atoms with Gasteiger partial charge in [-0.3, -0.25) is 0 Å². The van der Waals surface area contributed by atoms with Gasteiger partial charge in [-0.05, 0) is 105 Å². The van der Waals surface area contributed by atoms with Gasteiger partial charge in [-0.1, -0.05) is 36.4 Å². The third-order valence-corrected chi connectivity index (χ3v) is 8.91. The summed E-state index contributed by atoms with van der Waals surface area (Å²) in [6.07, 6.45) is -10.6. The number of nitrogens with zero attached hydrogens (tertiary/aromatic N) is 6. The molecule has 0 atom stereocenters. The lowest BCUT2D eigenvalue weighted by Crippen LogP contribution is -2.15. The summed E-state index contributed by atoms with van der Waals surface area (Å²) in [5.41, 5.74) is -1.06. The molecule has 4 aromatic carbocycles. The Balaban J connectivity index is 1.64. The van der Waals surface area contributed by atoms with E-state index in [-0.39, 0.29) is 28.0 Å². The molecule has 4 aromatic rings. The van der Waals surface area contributed by atoms with E-state index >= 15 is 0 Å². The molecule has 0 radical (unpaired) electrons. The van der Waals surface area contributed by atoms with Gasteiger partial charge >= 0.3 is 12.4 Å². The molecule has 0 bridgehead atoms. The predicted octanol–water partition coefficient (Wildman–Crippen LogP) is 11.3. The second-order valence-corrected chi connectivity index (χ2v) is 11.8. The first-order valence-electron chi connectivity index (χ1n) is 14.9. The summed E-state index contributed by atoms with van der Waals surface area (Å²) in [7, 11) is 0. The van der Waals surface area contributed by atoms with E-state index in [0.717, 1.165) is 22.8 Å². The highest BCUT2D eigenvalue weighted by molar-refractivity contribution is 6.37. The number of alkyl halides is 6. The van der Waals surface area contributed by atoms with Gasteiger partial charge in [-0.2, -0.15) is 31.6 Å². The Morgan fingerprint density at radius 2 is 0.981 bits per heavy atom. The quantitative estimate of drug-likeness (QED) is 0.119. The molecule has 0 N–H and O–H groups in total. The second kappa shape index (κ2) is 12.2. The minimum atomic E-state index is -5.31. The maximum absolute atomic E-state index is 14.0. The molecule has 248 valence electrons. The van der Waals surface area contributed by atoms with Gasteiger partial charge in [0.25, 0.3) is 11.4 Å². The van der Waals surface area contributed by atoms with Gasteiger partial charge in [0.2, 0.25) is 0 Å². The lowest BCUT2D eigenvalue weighted by atomic mass is 9.87. The molecule has 6 rings (SSSR count). The number of hydrogen-bond donors (Lipinski definition) is 0. The first-order chi connectivity index (χ1) is 24.6. The van der Waals surface area contributed by atoms with Gasteiger partial charge in [-0.25, -0.2) is 25.1 Å². The van der Waals surface area contributed by atoms with Crippen LogP contribution in [0, 0.1) is 67.6 Å². The van der Waals surface area contributed by atoms with Crippen molar-refractivity contribution in [3.05, 3.63) is 156 Å². The van der Waals surface area contributed by atoms with Crippen LogP contribution < -0.4 is 0 Å². The van der Waals surface area contributed by atoms with E-state index in [1.165, 1.54) is 18.2 Å². The standard InChI is InChI=1S/C40H16F6N6/c1-19-10-23(11-20(2)38(19)52-5)21-6-8-25-27(12-21)34(32(17-48)50-3)37-26-9-7-22(13-28(26)35(36(25)37)33(18-49)51-4)24-14-30(39(41,42)43)29(16-47)31(15-24)40(44,45)46/h6-15H,1-2H3/b34-32+,35-33-. The summed E-state index contributed by atoms with van der Waals surface area (Å²) in [4.78, 5) is 10.4. The van der Waals surface area contributed by atoms with Crippen molar-refractivity contribution in [2.75, 3.05) is 0 Å². The molecule has 0 aliphatic heterocycles. The van der Waals surface area contributed by atoms with Crippen LogP contribution in [0.5, 0.6) is 0 Å². The summed E-state index contributed by atoms with van der Waals surface area (Å²) in [6.45, 7) is 26.7. The normalized spacial score (nSPS) is 14.8. The molecule has 0 aromatic heterocycles. The number of aryl methyl sites for hydroxylation is 2. The van der Waals surface area contributed by atoms with Gasteiger partial charge in [0, 0.05) is 11.1 Å². The topological polar surface area (TPSA) is 84.4 Å². The number of allylic oxidation sites excluding steroid dienone is 6. The number of halogens is 6. The van der Waals surface area contributed by atoms with Crippen LogP contribution >= 0.6 is 0 Å². The Morgan fingerprint density at radius 1 is 0.577 bits per heavy atom. The minimum absolute atomic E-state index is 0.0319. The van der Waals surface area contributed by atoms with E-state index in [9.17, 15) is 42.1 Å². The average Bonchev–Trinajstić information content (AvgIpc) is 3.60. The summed E-state index contributed by atoms with van der Waals surface area (Å²) >= 11 is 0. The van der Waals surface area contributed by atoms with E-state index in [1.54, 1.807) is 32.0 Å². The third kappa shape index (κ3) is 5.25. The SMILES string of the molecule is [C-]#[N+]/C(C#N)=C1C2=C(/C(=C(\C#N)[N+]#[C-])c3cc(-c4cc(C)c([N+]#[C-])c(C)c4)ccc32)c2ccc(-c3cc(C(F)(F)F)c(C#N)c(C(F)(F)F)c3)cc2\1. The van der Waals surface area contributed by atoms with Gasteiger partial charge < -0.3 is 0 Å². The largest absolute Gasteiger partial charge is 0.417 e. The molecule has 52 heavy (non-hydrogen) atoms. The lowest BCUT2D eigenvalue weighted by Gasteiger charge is -2.18. The van der Waals surface area contributed by atoms with Crippen LogP contribution in [0.2, 0.25) is 0 Å². The zero-order chi connectivity index (χ0) is 37.9. The molecular formula is C40H16F6N6. The first-order valence-corrected chi connectivity index (χ1v) is 14.9. The number of hydrogen-bond acceptors (Lipinski definition) is 3. The molecule has 6 nitrogen and oxygen atoms in total. The number of rotatable bonds is 2. The molecular weight excluding hydrogens is 678 g/mol. The van der Waals surface area contributed by atoms with E-state index in [1.807, 2.05) is 24.3 Å². The molecule has 2 aliphatic rings. The summed E-state index contributed by atoms with van der Waals surface area (Å²) in [6, 6.07) is 18.4. The van der Waals surface area contributed by atoms with Crippen LogP contribution in [0.15, 0.2) is 72.1 Å². The summed E-state index contributed by atoms with van der Waals surface area (Å²) < 4.78 is 84.0. The molecule has 12 heteroatoms. The van der Waals surface area contributed by atoms with Gasteiger partial charge in [0.15, 0.2) is 5.69 Å². The summed E-state index contributed by atoms with van der Waals surface area (Å²) in [5.74, 6) is 0. The fourth-order valence-corrected chi connectivity index (χ4v) is 6.80. The van der Waals surface area contributed by atoms with Gasteiger partial charge in [0.05, 0.1) is 48.5 Å². The van der Waals surface area contributed by atoms with Crippen LogP contribution in [-0.4, -0.2) is 0 Å². The average molecular weight is 695 g/mol. The van der Waals surface area contributed by atoms with Crippen LogP contribution in [-0.2, 0) is 12.4 Å². The Bertz CT molecular complexity index is 2590. The van der Waals surface area contributed by atoms with Crippen molar-refractivity contribution in [3.8, 4) is 40.5 Å². The predicted molar refractivity (Wildman–Crippen MR) is 179 cm³/mol. The van der Waals surface area contributed by atoms with Crippen molar-refractivity contribution >= 4 is 28.0 Å². The van der Waals surface area contributed by atoms with Crippen molar-refractivity contribution in [1.82, 2.24) is 0 Å². The van der Waals surface area contributed by atoms with E-state index < -0.39 is 40.3 Å². The molecule has 0 unspecified atom stereocenters. The monoisotopic (exact) mass is 694 g/mol. The molecule has 0 saturated carbocycles. The second-order valence-electron chi connectivity index (χ2n) is 11.8. The third-order valence-electron chi connectivity index (χ3n) is 8.91. The van der Waals surface area contributed by atoms with Crippen molar-refractivity contribution in [3.63, 3.8) is 0 Å². The maximum Gasteiger partial charge on any atom is 0.417 e. The lowest BCUT2D eigenvalue weighted by molar-refractivity contribution is -0.143. The Labute approximate surface area is 292 Å². The summed E-state index contributed by atoms with van der Waals surface area (Å²) in [5, 5.41) is 29.5. The highest BCUT2D eigenvalue weighted by Crippen LogP contribution is 2.60. The van der Waals surface area contributed by atoms with Gasteiger partial charge in [-0.15, -0.1) is 0 Å². The van der Waals surface area contributed by atoms with Gasteiger partial charge in [0.1, 0.15) is 6.07 Å². The number of benzene rings is 4. The maximum atomic E-state index is 14.0. The number of fused-ring (bicyclic) bond motifs is 4. The molecule has 0 fully saturated rings. The molecule has 0 amide bonds. The number of nitriles is 3. The Morgan fingerprint density at radius 3 is 1.31 bits per heavy atom. The van der Waals surface area contributed by atoms with Crippen LogP contribution in [0.25, 0.3) is 59.1 Å². The molecule has 0 saturated heterocycles. The first kappa shape index (κ1) is 34.5. The smallest absolute Gasteiger partial charge is 0.238 e. The van der Waals surface area contributed by atoms with Crippen molar-refractivity contribution in [1.29, 1.82) is 15.8 Å². The Hall–Kier alpha value is -7.38. The van der Waals surface area contributed by atoms with Crippen molar-refractivity contribution in [2.24, 2.45) is 0 Å². The zero-order valence-corrected chi connectivity index (χ0v) is 26.7. The minimum Gasteiger partial charge on any atom is -0.238 e. The zero-order valence-electron chi connectivity index (χ0n) is 26.7. The van der Waals surface area contributed by atoms with Crippen molar-refractivity contribution < 1.29 is 26.3 Å². The highest BCUT2D eigenvalue weighted by Gasteiger charge is 2.43. The van der Waals surface area contributed by atoms with Crippen LogP contribution in [0.4, 0.5) is 32.0 Å². The fraction of sp³-hybridized carbons (Fsp3) is 0.100. The van der Waals surface area contributed by atoms with Crippen LogP contribution in [0.1, 0.15) is 50.1 Å². The Kier molecular flexibility index (Phi) is 8.08. The van der Waals surface area contributed by atoms with Crippen molar-refractivity contribution in [2.45, 2.75) is 26.2 Å².